The molecule has 2 unspecified atom stereocenters. The number of benzene rings is 1. The van der Waals surface area contributed by atoms with Crippen molar-refractivity contribution < 1.29 is 18.6 Å². The Morgan fingerprint density at radius 1 is 1.45 bits per heavy atom. The third-order valence-corrected chi connectivity index (χ3v) is 3.60. The Bertz CT molecular complexity index is 442. The van der Waals surface area contributed by atoms with Crippen LogP contribution in [0.4, 0.5) is 8.78 Å². The van der Waals surface area contributed by atoms with E-state index in [1.165, 1.54) is 12.1 Å². The molecule has 112 valence electrons. The van der Waals surface area contributed by atoms with Gasteiger partial charge >= 0.3 is 0 Å². The second-order valence-electron chi connectivity index (χ2n) is 5.28. The van der Waals surface area contributed by atoms with E-state index in [0.717, 1.165) is 32.2 Å². The zero-order valence-electron chi connectivity index (χ0n) is 11.7. The summed E-state index contributed by atoms with van der Waals surface area (Å²) >= 11 is 0. The highest BCUT2D eigenvalue weighted by atomic mass is 19.2. The number of hydrogen-bond acceptors (Lipinski definition) is 3. The van der Waals surface area contributed by atoms with E-state index in [4.69, 9.17) is 4.74 Å². The Balaban J connectivity index is 1.91. The van der Waals surface area contributed by atoms with Gasteiger partial charge in [0, 0.05) is 31.8 Å². The average molecular weight is 285 g/mol. The molecule has 1 heterocycles. The van der Waals surface area contributed by atoms with E-state index in [0.29, 0.717) is 13.0 Å². The standard InChI is InChI=1S/C15H21F2NO2/c1-11-10-18(7-3-9-20-11)8-6-14(19)12-4-2-5-13(16)15(12)17/h2,4-5,11,14,19H,3,6-10H2,1H3. The van der Waals surface area contributed by atoms with Gasteiger partial charge in [-0.25, -0.2) is 8.78 Å². The normalized spacial score (nSPS) is 22.5. The van der Waals surface area contributed by atoms with Crippen LogP contribution in [0, 0.1) is 11.6 Å². The molecule has 3 nitrogen and oxygen atoms in total. The zero-order valence-corrected chi connectivity index (χ0v) is 11.7. The number of nitrogens with zero attached hydrogens (tertiary/aromatic N) is 1. The lowest BCUT2D eigenvalue weighted by molar-refractivity contribution is 0.0642. The highest BCUT2D eigenvalue weighted by molar-refractivity contribution is 5.21. The molecule has 0 spiro atoms. The summed E-state index contributed by atoms with van der Waals surface area (Å²) in [7, 11) is 0. The maximum atomic E-state index is 13.6. The van der Waals surface area contributed by atoms with Gasteiger partial charge in [-0.15, -0.1) is 0 Å². The van der Waals surface area contributed by atoms with Gasteiger partial charge in [0.05, 0.1) is 12.2 Å². The topological polar surface area (TPSA) is 32.7 Å². The Hall–Kier alpha value is -1.04. The Kier molecular flexibility index (Phi) is 5.46. The molecule has 20 heavy (non-hydrogen) atoms. The molecule has 2 rings (SSSR count). The van der Waals surface area contributed by atoms with Crippen molar-refractivity contribution in [2.24, 2.45) is 0 Å². The molecule has 1 fully saturated rings. The summed E-state index contributed by atoms with van der Waals surface area (Å²) in [5.41, 5.74) is 0.0316. The van der Waals surface area contributed by atoms with E-state index in [1.807, 2.05) is 6.92 Å². The maximum Gasteiger partial charge on any atom is 0.164 e. The van der Waals surface area contributed by atoms with E-state index in [2.05, 4.69) is 4.90 Å². The summed E-state index contributed by atoms with van der Waals surface area (Å²) in [6.45, 7) is 5.12. The summed E-state index contributed by atoms with van der Waals surface area (Å²) in [5.74, 6) is -1.87. The summed E-state index contributed by atoms with van der Waals surface area (Å²) in [6, 6.07) is 3.90. The van der Waals surface area contributed by atoms with E-state index in [9.17, 15) is 13.9 Å². The van der Waals surface area contributed by atoms with Crippen LogP contribution in [0.5, 0.6) is 0 Å². The SMILES string of the molecule is CC1CN(CCC(O)c2cccc(F)c2F)CCCO1. The molecule has 1 N–H and O–H groups in total. The lowest BCUT2D eigenvalue weighted by Gasteiger charge is -2.23. The van der Waals surface area contributed by atoms with Crippen LogP contribution in [0.25, 0.3) is 0 Å². The summed E-state index contributed by atoms with van der Waals surface area (Å²) in [4.78, 5) is 2.19. The fourth-order valence-corrected chi connectivity index (χ4v) is 2.52. The number of hydrogen-bond donors (Lipinski definition) is 1. The molecule has 0 radical (unpaired) electrons. The van der Waals surface area contributed by atoms with Crippen molar-refractivity contribution in [2.75, 3.05) is 26.2 Å². The van der Waals surface area contributed by atoms with Crippen LogP contribution in [0.15, 0.2) is 18.2 Å². The van der Waals surface area contributed by atoms with Crippen molar-refractivity contribution >= 4 is 0 Å². The molecule has 2 atom stereocenters. The van der Waals surface area contributed by atoms with Crippen molar-refractivity contribution in [3.8, 4) is 0 Å². The van der Waals surface area contributed by atoms with Gasteiger partial charge in [-0.3, -0.25) is 0 Å². The molecule has 5 heteroatoms. The van der Waals surface area contributed by atoms with Crippen molar-refractivity contribution in [3.05, 3.63) is 35.4 Å². The number of rotatable bonds is 4. The fourth-order valence-electron chi connectivity index (χ4n) is 2.52. The van der Waals surface area contributed by atoms with Gasteiger partial charge in [-0.1, -0.05) is 12.1 Å². The molecular weight excluding hydrogens is 264 g/mol. The van der Waals surface area contributed by atoms with Crippen molar-refractivity contribution in [1.29, 1.82) is 0 Å². The lowest BCUT2D eigenvalue weighted by Crippen LogP contribution is -2.32. The minimum Gasteiger partial charge on any atom is -0.388 e. The highest BCUT2D eigenvalue weighted by Gasteiger charge is 2.19. The number of ether oxygens (including phenoxy) is 1. The van der Waals surface area contributed by atoms with E-state index in [-0.39, 0.29) is 11.7 Å². The van der Waals surface area contributed by atoms with Gasteiger partial charge in [0.2, 0.25) is 0 Å². The third-order valence-electron chi connectivity index (χ3n) is 3.60. The van der Waals surface area contributed by atoms with Gasteiger partial charge in [0.15, 0.2) is 11.6 Å². The number of aliphatic hydroxyl groups is 1. The van der Waals surface area contributed by atoms with Crippen molar-refractivity contribution in [3.63, 3.8) is 0 Å². The molecule has 1 aliphatic heterocycles. The Morgan fingerprint density at radius 2 is 2.25 bits per heavy atom. The van der Waals surface area contributed by atoms with Gasteiger partial charge in [-0.05, 0) is 25.8 Å². The van der Waals surface area contributed by atoms with Crippen LogP contribution in [0.3, 0.4) is 0 Å². The van der Waals surface area contributed by atoms with Crippen LogP contribution in [-0.4, -0.2) is 42.4 Å². The quantitative estimate of drug-likeness (QED) is 0.922. The molecule has 1 aliphatic rings. The molecule has 0 amide bonds. The van der Waals surface area contributed by atoms with Gasteiger partial charge in [-0.2, -0.15) is 0 Å². The van der Waals surface area contributed by atoms with Gasteiger partial charge in [0.25, 0.3) is 0 Å². The minimum absolute atomic E-state index is 0.0316. The predicted molar refractivity (Wildman–Crippen MR) is 72.4 cm³/mol. The van der Waals surface area contributed by atoms with E-state index >= 15 is 0 Å². The van der Waals surface area contributed by atoms with Crippen molar-refractivity contribution in [1.82, 2.24) is 4.90 Å². The van der Waals surface area contributed by atoms with Crippen LogP contribution < -0.4 is 0 Å². The summed E-state index contributed by atoms with van der Waals surface area (Å²) in [5, 5.41) is 10.0. The molecule has 0 aliphatic carbocycles. The molecule has 1 aromatic rings. The monoisotopic (exact) mass is 285 g/mol. The van der Waals surface area contributed by atoms with Crippen LogP contribution >= 0.6 is 0 Å². The zero-order chi connectivity index (χ0) is 14.5. The molecule has 0 aromatic heterocycles. The summed E-state index contributed by atoms with van der Waals surface area (Å²) in [6.07, 6.45) is 0.521. The Morgan fingerprint density at radius 3 is 3.05 bits per heavy atom. The maximum absolute atomic E-state index is 13.6. The van der Waals surface area contributed by atoms with E-state index < -0.39 is 17.7 Å². The smallest absolute Gasteiger partial charge is 0.164 e. The molecule has 0 saturated carbocycles. The van der Waals surface area contributed by atoms with Crippen LogP contribution in [0.1, 0.15) is 31.4 Å². The number of aliphatic hydroxyl groups excluding tert-OH is 1. The Labute approximate surface area is 118 Å². The predicted octanol–water partition coefficient (Wildman–Crippen LogP) is 2.50. The fraction of sp³-hybridized carbons (Fsp3) is 0.600. The molecule has 1 aromatic carbocycles. The first-order valence-corrected chi connectivity index (χ1v) is 7.04. The first-order chi connectivity index (χ1) is 9.58. The molecular formula is C15H21F2NO2. The second kappa shape index (κ2) is 7.11. The molecule has 1 saturated heterocycles. The largest absolute Gasteiger partial charge is 0.388 e. The van der Waals surface area contributed by atoms with Gasteiger partial charge < -0.3 is 14.7 Å². The highest BCUT2D eigenvalue weighted by Crippen LogP contribution is 2.22. The van der Waals surface area contributed by atoms with E-state index in [1.54, 1.807) is 0 Å². The molecule has 0 bridgehead atoms. The number of halogens is 2. The van der Waals surface area contributed by atoms with Crippen LogP contribution in [0.2, 0.25) is 0 Å². The average Bonchev–Trinajstić information content (AvgIpc) is 2.63. The van der Waals surface area contributed by atoms with Crippen molar-refractivity contribution in [2.45, 2.75) is 32.0 Å². The first kappa shape index (κ1) is 15.4. The summed E-state index contributed by atoms with van der Waals surface area (Å²) < 4.78 is 32.2. The first-order valence-electron chi connectivity index (χ1n) is 7.04. The lowest BCUT2D eigenvalue weighted by atomic mass is 10.1. The van der Waals surface area contributed by atoms with Crippen LogP contribution in [-0.2, 0) is 4.74 Å². The second-order valence-corrected chi connectivity index (χ2v) is 5.28. The third kappa shape index (κ3) is 3.98. The van der Waals surface area contributed by atoms with Gasteiger partial charge in [0.1, 0.15) is 0 Å². The minimum atomic E-state index is -0.981.